The Morgan fingerprint density at radius 3 is 2.18 bits per heavy atom. The van der Waals surface area contributed by atoms with Crippen molar-refractivity contribution in [1.29, 1.82) is 0 Å². The first-order valence-corrected chi connectivity index (χ1v) is 6.76. The van der Waals surface area contributed by atoms with Crippen LogP contribution in [-0.4, -0.2) is 24.0 Å². The first-order chi connectivity index (χ1) is 10.6. The molecule has 0 aliphatic carbocycles. The summed E-state index contributed by atoms with van der Waals surface area (Å²) in [4.78, 5) is 22.4. The highest BCUT2D eigenvalue weighted by molar-refractivity contribution is 6.39. The third-order valence-corrected chi connectivity index (χ3v) is 3.16. The van der Waals surface area contributed by atoms with Gasteiger partial charge in [0.25, 0.3) is 5.78 Å². The minimum Gasteiger partial charge on any atom is -0.507 e. The maximum atomic E-state index is 11.4. The summed E-state index contributed by atoms with van der Waals surface area (Å²) >= 11 is 0. The molecule has 2 rings (SSSR count). The summed E-state index contributed by atoms with van der Waals surface area (Å²) in [6.07, 6.45) is 1.64. The zero-order valence-corrected chi connectivity index (χ0v) is 12.2. The van der Waals surface area contributed by atoms with Crippen LogP contribution < -0.4 is 0 Å². The highest BCUT2D eigenvalue weighted by Gasteiger charge is 2.12. The van der Waals surface area contributed by atoms with Crippen LogP contribution in [0.25, 0.3) is 5.76 Å². The first-order valence-electron chi connectivity index (χ1n) is 6.76. The predicted octanol–water partition coefficient (Wildman–Crippen LogP) is 2.92. The van der Waals surface area contributed by atoms with Crippen molar-refractivity contribution in [2.24, 2.45) is 0 Å². The Balaban J connectivity index is 2.10. The summed E-state index contributed by atoms with van der Waals surface area (Å²) in [6.45, 7) is 0. The van der Waals surface area contributed by atoms with Crippen molar-refractivity contribution in [2.45, 2.75) is 6.42 Å². The number of ketones is 1. The van der Waals surface area contributed by atoms with Gasteiger partial charge in [-0.2, -0.15) is 0 Å². The lowest BCUT2D eigenvalue weighted by atomic mass is 10.0. The van der Waals surface area contributed by atoms with E-state index in [-0.39, 0.29) is 5.76 Å². The molecule has 2 aromatic carbocycles. The van der Waals surface area contributed by atoms with Crippen molar-refractivity contribution in [2.75, 3.05) is 7.11 Å². The summed E-state index contributed by atoms with van der Waals surface area (Å²) in [5, 5.41) is 9.85. The number of benzene rings is 2. The van der Waals surface area contributed by atoms with E-state index in [1.165, 1.54) is 5.56 Å². The molecule has 0 amide bonds. The molecule has 0 saturated carbocycles. The Kier molecular flexibility index (Phi) is 5.09. The van der Waals surface area contributed by atoms with Crippen LogP contribution in [0.5, 0.6) is 0 Å². The van der Waals surface area contributed by atoms with Gasteiger partial charge in [0.2, 0.25) is 0 Å². The van der Waals surface area contributed by atoms with E-state index < -0.39 is 11.8 Å². The molecular weight excluding hydrogens is 280 g/mol. The number of hydrogen-bond acceptors (Lipinski definition) is 4. The third-order valence-electron chi connectivity index (χ3n) is 3.16. The van der Waals surface area contributed by atoms with Crippen LogP contribution in [0, 0.1) is 0 Å². The van der Waals surface area contributed by atoms with E-state index in [9.17, 15) is 14.7 Å². The number of ether oxygens (including phenoxy) is 1. The molecule has 0 spiro atoms. The van der Waals surface area contributed by atoms with Gasteiger partial charge < -0.3 is 9.84 Å². The van der Waals surface area contributed by atoms with E-state index >= 15 is 0 Å². The first kappa shape index (κ1) is 15.5. The monoisotopic (exact) mass is 296 g/mol. The molecule has 4 heteroatoms. The van der Waals surface area contributed by atoms with Gasteiger partial charge in [-0.1, -0.05) is 54.6 Å². The second kappa shape index (κ2) is 7.22. The van der Waals surface area contributed by atoms with Gasteiger partial charge in [-0.25, -0.2) is 4.79 Å². The molecule has 2 aromatic rings. The Hall–Kier alpha value is -2.88. The van der Waals surface area contributed by atoms with Gasteiger partial charge in [0.05, 0.1) is 7.11 Å². The summed E-state index contributed by atoms with van der Waals surface area (Å²) in [5.74, 6) is -2.16. The molecule has 4 nitrogen and oxygen atoms in total. The quantitative estimate of drug-likeness (QED) is 0.399. The van der Waals surface area contributed by atoms with E-state index in [2.05, 4.69) is 4.74 Å². The van der Waals surface area contributed by atoms with Crippen LogP contribution in [0.15, 0.2) is 60.7 Å². The second-order valence-electron chi connectivity index (χ2n) is 4.74. The summed E-state index contributed by atoms with van der Waals surface area (Å²) in [6, 6.07) is 17.2. The molecule has 0 unspecified atom stereocenters. The number of methoxy groups -OCH3 is 1. The number of aliphatic hydroxyl groups is 1. The Morgan fingerprint density at radius 1 is 1.00 bits per heavy atom. The second-order valence-corrected chi connectivity index (χ2v) is 4.74. The van der Waals surface area contributed by atoms with Crippen LogP contribution >= 0.6 is 0 Å². The molecule has 0 bridgehead atoms. The average Bonchev–Trinajstić information content (AvgIpc) is 2.55. The smallest absolute Gasteiger partial charge is 0.378 e. The molecule has 0 aromatic heterocycles. The van der Waals surface area contributed by atoms with Gasteiger partial charge in [0.15, 0.2) is 0 Å². The topological polar surface area (TPSA) is 63.6 Å². The van der Waals surface area contributed by atoms with E-state index in [1.54, 1.807) is 12.1 Å². The van der Waals surface area contributed by atoms with E-state index in [1.807, 2.05) is 42.5 Å². The third kappa shape index (κ3) is 4.06. The Morgan fingerprint density at radius 2 is 1.59 bits per heavy atom. The summed E-state index contributed by atoms with van der Waals surface area (Å²) in [5.41, 5.74) is 2.74. The average molecular weight is 296 g/mol. The van der Waals surface area contributed by atoms with Crippen molar-refractivity contribution in [1.82, 2.24) is 0 Å². The molecule has 22 heavy (non-hydrogen) atoms. The van der Waals surface area contributed by atoms with Crippen molar-refractivity contribution in [3.63, 3.8) is 0 Å². The highest BCUT2D eigenvalue weighted by atomic mass is 16.5. The number of carbonyl (C=O) groups excluding carboxylic acids is 2. The zero-order valence-electron chi connectivity index (χ0n) is 12.2. The zero-order chi connectivity index (χ0) is 15.9. The SMILES string of the molecule is COC(=O)C(=O)/C=C(\O)c1ccc(Cc2ccccc2)cc1. The van der Waals surface area contributed by atoms with E-state index in [4.69, 9.17) is 0 Å². The van der Waals surface area contributed by atoms with Gasteiger partial charge in [-0.3, -0.25) is 4.79 Å². The fraction of sp³-hybridized carbons (Fsp3) is 0.111. The van der Waals surface area contributed by atoms with Gasteiger partial charge in [-0.15, -0.1) is 0 Å². The van der Waals surface area contributed by atoms with E-state index in [0.717, 1.165) is 25.2 Å². The number of rotatable bonds is 5. The fourth-order valence-corrected chi connectivity index (χ4v) is 1.99. The van der Waals surface area contributed by atoms with Crippen molar-refractivity contribution in [3.8, 4) is 0 Å². The van der Waals surface area contributed by atoms with Crippen LogP contribution in [0.4, 0.5) is 0 Å². The molecule has 0 aliphatic rings. The van der Waals surface area contributed by atoms with Crippen LogP contribution in [0.3, 0.4) is 0 Å². The molecule has 0 radical (unpaired) electrons. The minimum atomic E-state index is -1.01. The molecular formula is C18H16O4. The largest absolute Gasteiger partial charge is 0.507 e. The van der Waals surface area contributed by atoms with Crippen LogP contribution in [0.2, 0.25) is 0 Å². The standard InChI is InChI=1S/C18H16O4/c1-22-18(21)17(20)12-16(19)15-9-7-14(8-10-15)11-13-5-3-2-4-6-13/h2-10,12,19H,11H2,1H3/b16-12-. The van der Waals surface area contributed by atoms with Crippen molar-refractivity contribution in [3.05, 3.63) is 77.4 Å². The maximum Gasteiger partial charge on any atom is 0.378 e. The van der Waals surface area contributed by atoms with Crippen molar-refractivity contribution >= 4 is 17.5 Å². The molecule has 112 valence electrons. The number of aliphatic hydroxyl groups excluding tert-OH is 1. The van der Waals surface area contributed by atoms with Gasteiger partial charge in [0, 0.05) is 11.6 Å². The molecule has 1 N–H and O–H groups in total. The minimum absolute atomic E-state index is 0.262. The van der Waals surface area contributed by atoms with E-state index in [0.29, 0.717) is 5.56 Å². The summed E-state index contributed by atoms with van der Waals surface area (Å²) in [7, 11) is 1.11. The normalized spacial score (nSPS) is 11.0. The highest BCUT2D eigenvalue weighted by Crippen LogP contribution is 2.15. The fourth-order valence-electron chi connectivity index (χ4n) is 1.99. The number of carbonyl (C=O) groups is 2. The van der Waals surface area contributed by atoms with Gasteiger partial charge in [-0.05, 0) is 17.5 Å². The molecule has 0 saturated heterocycles. The maximum absolute atomic E-state index is 11.4. The summed E-state index contributed by atoms with van der Waals surface area (Å²) < 4.78 is 4.29. The molecule has 0 atom stereocenters. The van der Waals surface area contributed by atoms with Crippen LogP contribution in [0.1, 0.15) is 16.7 Å². The molecule has 0 fully saturated rings. The lowest BCUT2D eigenvalue weighted by molar-refractivity contribution is -0.149. The molecule has 0 aliphatic heterocycles. The lowest BCUT2D eigenvalue weighted by Gasteiger charge is -2.04. The lowest BCUT2D eigenvalue weighted by Crippen LogP contribution is -2.13. The Bertz CT molecular complexity index is 685. The van der Waals surface area contributed by atoms with Crippen LogP contribution in [-0.2, 0) is 20.7 Å². The molecule has 0 heterocycles. The van der Waals surface area contributed by atoms with Gasteiger partial charge >= 0.3 is 5.97 Å². The predicted molar refractivity (Wildman–Crippen MR) is 83.3 cm³/mol. The number of esters is 1. The Labute approximate surface area is 128 Å². The van der Waals surface area contributed by atoms with Crippen molar-refractivity contribution < 1.29 is 19.4 Å². The van der Waals surface area contributed by atoms with Gasteiger partial charge in [0.1, 0.15) is 5.76 Å². The number of hydrogen-bond donors (Lipinski definition) is 1.